The van der Waals surface area contributed by atoms with Crippen LogP contribution in [0.1, 0.15) is 290 Å². The molecule has 0 unspecified atom stereocenters. The minimum Gasteiger partial charge on any atom is -0.462 e. The second kappa shape index (κ2) is 55.7. The van der Waals surface area contributed by atoms with Crippen LogP contribution in [0.4, 0.5) is 0 Å². The fraction of sp³-hybridized carbons (Fsp3) is 0.787. The molecule has 0 rings (SSSR count). The summed E-state index contributed by atoms with van der Waals surface area (Å²) < 4.78 is 16.8. The van der Waals surface area contributed by atoms with Crippen LogP contribution < -0.4 is 0 Å². The molecule has 0 fully saturated rings. The molecule has 6 heteroatoms. The lowest BCUT2D eigenvalue weighted by atomic mass is 10.0. The topological polar surface area (TPSA) is 78.9 Å². The number of unbranched alkanes of at least 4 members (excludes halogenated alkanes) is 31. The summed E-state index contributed by atoms with van der Waals surface area (Å²) in [5.41, 5.74) is 0. The summed E-state index contributed by atoms with van der Waals surface area (Å²) >= 11 is 0. The number of rotatable bonds is 52. The summed E-state index contributed by atoms with van der Waals surface area (Å²) in [5.74, 6) is -0.909. The highest BCUT2D eigenvalue weighted by atomic mass is 16.6. The summed E-state index contributed by atoms with van der Waals surface area (Å²) in [6, 6.07) is 0. The zero-order valence-corrected chi connectivity index (χ0v) is 44.4. The number of esters is 3. The van der Waals surface area contributed by atoms with Crippen LogP contribution in [0.5, 0.6) is 0 Å². The molecular formula is C61H108O6. The number of allylic oxidation sites excluding steroid dienone is 10. The molecule has 0 aliphatic carbocycles. The molecule has 0 radical (unpaired) electrons. The van der Waals surface area contributed by atoms with Crippen LogP contribution in [0.15, 0.2) is 60.8 Å². The summed E-state index contributed by atoms with van der Waals surface area (Å²) in [5, 5.41) is 0. The van der Waals surface area contributed by atoms with Crippen LogP contribution >= 0.6 is 0 Å². The highest BCUT2D eigenvalue weighted by molar-refractivity contribution is 5.71. The first kappa shape index (κ1) is 64.1. The Morgan fingerprint density at radius 3 is 0.925 bits per heavy atom. The van der Waals surface area contributed by atoms with E-state index < -0.39 is 6.10 Å². The Morgan fingerprint density at radius 2 is 0.552 bits per heavy atom. The molecule has 0 heterocycles. The van der Waals surface area contributed by atoms with Crippen LogP contribution in [0.3, 0.4) is 0 Å². The van der Waals surface area contributed by atoms with E-state index in [1.54, 1.807) is 0 Å². The molecule has 0 spiro atoms. The number of ether oxygens (including phenoxy) is 3. The van der Waals surface area contributed by atoms with Crippen molar-refractivity contribution in [3.63, 3.8) is 0 Å². The van der Waals surface area contributed by atoms with E-state index >= 15 is 0 Å². The molecule has 6 nitrogen and oxygen atoms in total. The first-order valence-corrected chi connectivity index (χ1v) is 28.8. The van der Waals surface area contributed by atoms with Gasteiger partial charge in [-0.15, -0.1) is 0 Å². The number of carbonyl (C=O) groups is 3. The SMILES string of the molecule is CCCC/C=C\CCCCCCCC(=O)OC[C@@H](COC(=O)CCCCCCCCCCCCC/C=C\CCCCCCCC)OC(=O)CCCCCC/C=C\C/C=C\C/C=C\CCCCC. The predicted molar refractivity (Wildman–Crippen MR) is 288 cm³/mol. The van der Waals surface area contributed by atoms with E-state index in [2.05, 4.69) is 81.5 Å². The van der Waals surface area contributed by atoms with Crippen molar-refractivity contribution < 1.29 is 28.6 Å². The third-order valence-electron chi connectivity index (χ3n) is 12.5. The molecule has 0 aromatic heterocycles. The average Bonchev–Trinajstić information content (AvgIpc) is 3.33. The molecule has 0 aliphatic heterocycles. The average molecular weight is 938 g/mol. The van der Waals surface area contributed by atoms with Gasteiger partial charge in [-0.1, -0.05) is 229 Å². The van der Waals surface area contributed by atoms with Crippen LogP contribution in [-0.2, 0) is 28.6 Å². The van der Waals surface area contributed by atoms with Gasteiger partial charge < -0.3 is 14.2 Å². The second-order valence-corrected chi connectivity index (χ2v) is 19.2. The van der Waals surface area contributed by atoms with Gasteiger partial charge in [0.1, 0.15) is 13.2 Å². The Kier molecular flexibility index (Phi) is 53.3. The normalized spacial score (nSPS) is 12.5. The van der Waals surface area contributed by atoms with Gasteiger partial charge in [-0.3, -0.25) is 14.4 Å². The molecule has 0 aromatic carbocycles. The van der Waals surface area contributed by atoms with Crippen molar-refractivity contribution in [2.75, 3.05) is 13.2 Å². The van der Waals surface area contributed by atoms with Crippen molar-refractivity contribution in [3.05, 3.63) is 60.8 Å². The molecule has 388 valence electrons. The van der Waals surface area contributed by atoms with Gasteiger partial charge >= 0.3 is 17.9 Å². The third-order valence-corrected chi connectivity index (χ3v) is 12.5. The minimum atomic E-state index is -0.789. The molecule has 0 aromatic rings. The van der Waals surface area contributed by atoms with E-state index in [9.17, 15) is 14.4 Å². The van der Waals surface area contributed by atoms with Gasteiger partial charge in [0, 0.05) is 19.3 Å². The fourth-order valence-corrected chi connectivity index (χ4v) is 8.07. The number of hydrogen-bond acceptors (Lipinski definition) is 6. The first-order chi connectivity index (χ1) is 33.0. The van der Waals surface area contributed by atoms with Crippen LogP contribution in [0.2, 0.25) is 0 Å². The quantitative estimate of drug-likeness (QED) is 0.0262. The largest absolute Gasteiger partial charge is 0.462 e. The van der Waals surface area contributed by atoms with Gasteiger partial charge in [-0.05, 0) is 103 Å². The van der Waals surface area contributed by atoms with Gasteiger partial charge in [0.25, 0.3) is 0 Å². The zero-order chi connectivity index (χ0) is 48.6. The Morgan fingerprint density at radius 1 is 0.299 bits per heavy atom. The van der Waals surface area contributed by atoms with E-state index in [4.69, 9.17) is 14.2 Å². The highest BCUT2D eigenvalue weighted by Gasteiger charge is 2.19. The monoisotopic (exact) mass is 937 g/mol. The molecule has 67 heavy (non-hydrogen) atoms. The molecule has 0 N–H and O–H groups in total. The van der Waals surface area contributed by atoms with E-state index in [-0.39, 0.29) is 31.1 Å². The lowest BCUT2D eigenvalue weighted by Gasteiger charge is -2.18. The fourth-order valence-electron chi connectivity index (χ4n) is 8.07. The van der Waals surface area contributed by atoms with Gasteiger partial charge in [-0.2, -0.15) is 0 Å². The minimum absolute atomic E-state index is 0.0853. The lowest BCUT2D eigenvalue weighted by Crippen LogP contribution is -2.30. The molecule has 0 aliphatic rings. The van der Waals surface area contributed by atoms with E-state index in [1.807, 2.05) is 0 Å². The Balaban J connectivity index is 4.33. The standard InChI is InChI=1S/C61H108O6/c1-4-7-10-13-16-19-22-24-26-28-29-30-31-33-34-36-39-42-45-48-51-54-60(63)66-57-58(56-65-59(62)53-50-47-44-41-38-21-18-15-12-9-6-3)67-61(64)55-52-49-46-43-40-37-35-32-27-25-23-20-17-14-11-8-5-2/h15,17-18,20,24-27,35,37,58H,4-14,16,19,21-23,28-34,36,38-57H2,1-3H3/b18-15-,20-17-,26-24-,27-25-,37-35-/t58-/m0/s1. The highest BCUT2D eigenvalue weighted by Crippen LogP contribution is 2.15. The summed E-state index contributed by atoms with van der Waals surface area (Å²) in [7, 11) is 0. The summed E-state index contributed by atoms with van der Waals surface area (Å²) in [6.45, 7) is 6.56. The maximum absolute atomic E-state index is 12.8. The Hall–Kier alpha value is -2.89. The second-order valence-electron chi connectivity index (χ2n) is 19.2. The number of carbonyl (C=O) groups excluding carboxylic acids is 3. The van der Waals surface area contributed by atoms with E-state index in [0.717, 1.165) is 89.9 Å². The van der Waals surface area contributed by atoms with Crippen molar-refractivity contribution in [2.45, 2.75) is 297 Å². The summed E-state index contributed by atoms with van der Waals surface area (Å²) in [6.07, 6.45) is 69.3. The lowest BCUT2D eigenvalue weighted by molar-refractivity contribution is -0.167. The van der Waals surface area contributed by atoms with Crippen molar-refractivity contribution in [2.24, 2.45) is 0 Å². The predicted octanol–water partition coefficient (Wildman–Crippen LogP) is 19.2. The third kappa shape index (κ3) is 53.9. The zero-order valence-electron chi connectivity index (χ0n) is 44.4. The molecule has 1 atom stereocenters. The van der Waals surface area contributed by atoms with Crippen molar-refractivity contribution in [1.29, 1.82) is 0 Å². The van der Waals surface area contributed by atoms with Gasteiger partial charge in [0.2, 0.25) is 0 Å². The first-order valence-electron chi connectivity index (χ1n) is 28.8. The van der Waals surface area contributed by atoms with E-state index in [1.165, 1.54) is 161 Å². The number of hydrogen-bond donors (Lipinski definition) is 0. The molecular weight excluding hydrogens is 829 g/mol. The van der Waals surface area contributed by atoms with Gasteiger partial charge in [0.05, 0.1) is 0 Å². The maximum atomic E-state index is 12.8. The molecule has 0 saturated heterocycles. The van der Waals surface area contributed by atoms with Crippen molar-refractivity contribution >= 4 is 17.9 Å². The summed E-state index contributed by atoms with van der Waals surface area (Å²) in [4.78, 5) is 38.1. The Bertz CT molecular complexity index is 1210. The van der Waals surface area contributed by atoms with Crippen molar-refractivity contribution in [1.82, 2.24) is 0 Å². The van der Waals surface area contributed by atoms with Crippen LogP contribution in [0.25, 0.3) is 0 Å². The molecule has 0 saturated carbocycles. The Labute approximate surface area is 415 Å². The van der Waals surface area contributed by atoms with Gasteiger partial charge in [0.15, 0.2) is 6.10 Å². The smallest absolute Gasteiger partial charge is 0.306 e. The van der Waals surface area contributed by atoms with Crippen LogP contribution in [0, 0.1) is 0 Å². The van der Waals surface area contributed by atoms with Gasteiger partial charge in [-0.25, -0.2) is 0 Å². The molecule has 0 bridgehead atoms. The molecule has 0 amide bonds. The van der Waals surface area contributed by atoms with Crippen molar-refractivity contribution in [3.8, 4) is 0 Å². The maximum Gasteiger partial charge on any atom is 0.306 e. The van der Waals surface area contributed by atoms with Crippen LogP contribution in [-0.4, -0.2) is 37.2 Å². The van der Waals surface area contributed by atoms with E-state index in [0.29, 0.717) is 19.3 Å².